The van der Waals surface area contributed by atoms with Crippen LogP contribution in [0.3, 0.4) is 0 Å². The molecular formula is C20H19NO3. The van der Waals surface area contributed by atoms with Gasteiger partial charge in [0.05, 0.1) is 5.56 Å². The Morgan fingerprint density at radius 1 is 1.04 bits per heavy atom. The highest BCUT2D eigenvalue weighted by molar-refractivity contribution is 5.94. The summed E-state index contributed by atoms with van der Waals surface area (Å²) in [5.74, 6) is -0.130. The molecular weight excluding hydrogens is 302 g/mol. The first-order valence-corrected chi connectivity index (χ1v) is 7.83. The van der Waals surface area contributed by atoms with E-state index in [1.807, 2.05) is 49.4 Å². The van der Waals surface area contributed by atoms with E-state index >= 15 is 0 Å². The second-order valence-corrected chi connectivity index (χ2v) is 5.64. The van der Waals surface area contributed by atoms with Crippen LogP contribution < -0.4 is 10.1 Å². The lowest BCUT2D eigenvalue weighted by atomic mass is 10.1. The third-order valence-electron chi connectivity index (χ3n) is 3.81. The number of hydrogen-bond acceptors (Lipinski definition) is 3. The molecule has 0 aliphatic carbocycles. The van der Waals surface area contributed by atoms with E-state index < -0.39 is 5.97 Å². The highest BCUT2D eigenvalue weighted by Gasteiger charge is 2.09. The van der Waals surface area contributed by atoms with Crippen molar-refractivity contribution in [3.05, 3.63) is 71.8 Å². The number of anilines is 1. The largest absolute Gasteiger partial charge is 0.492 e. The summed E-state index contributed by atoms with van der Waals surface area (Å²) in [7, 11) is 0. The highest BCUT2D eigenvalue weighted by Crippen LogP contribution is 2.21. The van der Waals surface area contributed by atoms with Crippen molar-refractivity contribution >= 4 is 22.4 Å². The van der Waals surface area contributed by atoms with Gasteiger partial charge in [0, 0.05) is 12.2 Å². The molecule has 0 aliphatic rings. The van der Waals surface area contributed by atoms with Crippen molar-refractivity contribution in [2.45, 2.75) is 6.92 Å². The normalized spacial score (nSPS) is 10.5. The second kappa shape index (κ2) is 7.04. The van der Waals surface area contributed by atoms with Gasteiger partial charge in [0.1, 0.15) is 12.4 Å². The van der Waals surface area contributed by atoms with Crippen LogP contribution in [0.2, 0.25) is 0 Å². The van der Waals surface area contributed by atoms with Crippen molar-refractivity contribution in [3.63, 3.8) is 0 Å². The van der Waals surface area contributed by atoms with Gasteiger partial charge in [-0.1, -0.05) is 42.0 Å². The fourth-order valence-electron chi connectivity index (χ4n) is 2.60. The topological polar surface area (TPSA) is 58.6 Å². The average Bonchev–Trinajstić information content (AvgIpc) is 2.59. The number of fused-ring (bicyclic) bond motifs is 1. The maximum absolute atomic E-state index is 11.3. The highest BCUT2D eigenvalue weighted by atomic mass is 16.5. The van der Waals surface area contributed by atoms with Crippen LogP contribution >= 0.6 is 0 Å². The Morgan fingerprint density at radius 3 is 2.62 bits per heavy atom. The Morgan fingerprint density at radius 2 is 1.83 bits per heavy atom. The lowest BCUT2D eigenvalue weighted by molar-refractivity contribution is 0.0697. The van der Waals surface area contributed by atoms with Gasteiger partial charge in [0.25, 0.3) is 0 Å². The molecule has 3 aromatic rings. The third kappa shape index (κ3) is 3.66. The first-order valence-electron chi connectivity index (χ1n) is 7.83. The average molecular weight is 321 g/mol. The molecule has 0 aromatic heterocycles. The number of nitrogens with one attached hydrogen (secondary N) is 1. The van der Waals surface area contributed by atoms with Crippen LogP contribution in [0.1, 0.15) is 15.9 Å². The molecule has 0 radical (unpaired) electrons. The zero-order valence-electron chi connectivity index (χ0n) is 13.5. The molecule has 4 nitrogen and oxygen atoms in total. The van der Waals surface area contributed by atoms with Gasteiger partial charge in [-0.15, -0.1) is 0 Å². The van der Waals surface area contributed by atoms with Crippen LogP contribution in [0.4, 0.5) is 5.69 Å². The number of rotatable bonds is 6. The fraction of sp³-hybridized carbons (Fsp3) is 0.150. The third-order valence-corrected chi connectivity index (χ3v) is 3.81. The first-order chi connectivity index (χ1) is 11.6. The van der Waals surface area contributed by atoms with Crippen LogP contribution in [0.25, 0.3) is 10.8 Å². The van der Waals surface area contributed by atoms with Gasteiger partial charge in [0.15, 0.2) is 0 Å². The Labute approximate surface area is 140 Å². The summed E-state index contributed by atoms with van der Waals surface area (Å²) in [6.07, 6.45) is 0. The number of benzene rings is 3. The van der Waals surface area contributed by atoms with Crippen molar-refractivity contribution in [2.24, 2.45) is 0 Å². The van der Waals surface area contributed by atoms with E-state index in [-0.39, 0.29) is 5.56 Å². The molecule has 3 rings (SSSR count). The lowest BCUT2D eigenvalue weighted by Gasteiger charge is -2.12. The predicted molar refractivity (Wildman–Crippen MR) is 96.1 cm³/mol. The SMILES string of the molecule is Cc1ccc(NCCOc2ccc3ccccc3c2)c(C(=O)O)c1. The minimum Gasteiger partial charge on any atom is -0.492 e. The number of aryl methyl sites for hydroxylation is 1. The molecule has 122 valence electrons. The molecule has 0 saturated heterocycles. The van der Waals surface area contributed by atoms with Gasteiger partial charge in [-0.25, -0.2) is 4.79 Å². The molecule has 3 aromatic carbocycles. The van der Waals surface area contributed by atoms with Crippen molar-refractivity contribution in [2.75, 3.05) is 18.5 Å². The molecule has 0 heterocycles. The van der Waals surface area contributed by atoms with Crippen LogP contribution in [-0.2, 0) is 0 Å². The zero-order chi connectivity index (χ0) is 16.9. The van der Waals surface area contributed by atoms with E-state index in [4.69, 9.17) is 4.74 Å². The Kier molecular flexibility index (Phi) is 4.66. The number of carboxylic acid groups (broad SMARTS) is 1. The van der Waals surface area contributed by atoms with Crippen LogP contribution in [0, 0.1) is 6.92 Å². The van der Waals surface area contributed by atoms with Crippen molar-refractivity contribution < 1.29 is 14.6 Å². The van der Waals surface area contributed by atoms with Crippen molar-refractivity contribution in [1.82, 2.24) is 0 Å². The first kappa shape index (κ1) is 15.9. The summed E-state index contributed by atoms with van der Waals surface area (Å²) in [6.45, 7) is 2.85. The van der Waals surface area contributed by atoms with E-state index in [0.29, 0.717) is 18.8 Å². The smallest absolute Gasteiger partial charge is 0.337 e. The molecule has 0 spiro atoms. The number of ether oxygens (including phenoxy) is 1. The number of hydrogen-bond donors (Lipinski definition) is 2. The van der Waals surface area contributed by atoms with Gasteiger partial charge in [-0.2, -0.15) is 0 Å². The summed E-state index contributed by atoms with van der Waals surface area (Å²) in [5, 5.41) is 14.7. The maximum Gasteiger partial charge on any atom is 0.337 e. The summed E-state index contributed by atoms with van der Waals surface area (Å²) < 4.78 is 5.75. The monoisotopic (exact) mass is 321 g/mol. The molecule has 0 aliphatic heterocycles. The second-order valence-electron chi connectivity index (χ2n) is 5.64. The van der Waals surface area contributed by atoms with Gasteiger partial charge >= 0.3 is 5.97 Å². The number of carboxylic acids is 1. The molecule has 2 N–H and O–H groups in total. The van der Waals surface area contributed by atoms with Gasteiger partial charge in [-0.3, -0.25) is 0 Å². The molecule has 4 heteroatoms. The van der Waals surface area contributed by atoms with Crippen LogP contribution in [-0.4, -0.2) is 24.2 Å². The standard InChI is InChI=1S/C20H19NO3/c1-14-6-9-19(18(12-14)20(22)23)21-10-11-24-17-8-7-15-4-2-3-5-16(15)13-17/h2-9,12-13,21H,10-11H2,1H3,(H,22,23). The van der Waals surface area contributed by atoms with Crippen molar-refractivity contribution in [1.29, 1.82) is 0 Å². The molecule has 0 amide bonds. The van der Waals surface area contributed by atoms with Crippen LogP contribution in [0.15, 0.2) is 60.7 Å². The van der Waals surface area contributed by atoms with Crippen molar-refractivity contribution in [3.8, 4) is 5.75 Å². The summed E-state index contributed by atoms with van der Waals surface area (Å²) in [5.41, 5.74) is 1.81. The van der Waals surface area contributed by atoms with E-state index in [1.54, 1.807) is 12.1 Å². The zero-order valence-corrected chi connectivity index (χ0v) is 13.5. The summed E-state index contributed by atoms with van der Waals surface area (Å²) >= 11 is 0. The van der Waals surface area contributed by atoms with Gasteiger partial charge in [0.2, 0.25) is 0 Å². The minimum atomic E-state index is -0.934. The number of aromatic carboxylic acids is 1. The Hall–Kier alpha value is -3.01. The summed E-state index contributed by atoms with van der Waals surface area (Å²) in [4.78, 5) is 11.3. The van der Waals surface area contributed by atoms with Gasteiger partial charge < -0.3 is 15.2 Å². The molecule has 0 unspecified atom stereocenters. The molecule has 0 atom stereocenters. The molecule has 0 bridgehead atoms. The minimum absolute atomic E-state index is 0.278. The Balaban J connectivity index is 1.59. The van der Waals surface area contributed by atoms with Gasteiger partial charge in [-0.05, 0) is 42.0 Å². The predicted octanol–water partition coefficient (Wildman–Crippen LogP) is 4.34. The quantitative estimate of drug-likeness (QED) is 0.663. The molecule has 24 heavy (non-hydrogen) atoms. The maximum atomic E-state index is 11.3. The fourth-order valence-corrected chi connectivity index (χ4v) is 2.60. The molecule has 0 saturated carbocycles. The van der Waals surface area contributed by atoms with E-state index in [0.717, 1.165) is 16.7 Å². The Bertz CT molecular complexity index is 874. The van der Waals surface area contributed by atoms with E-state index in [9.17, 15) is 9.90 Å². The number of carbonyl (C=O) groups is 1. The lowest BCUT2D eigenvalue weighted by Crippen LogP contribution is -2.14. The van der Waals surface area contributed by atoms with Crippen LogP contribution in [0.5, 0.6) is 5.75 Å². The van der Waals surface area contributed by atoms with E-state index in [2.05, 4.69) is 11.4 Å². The molecule has 0 fully saturated rings. The van der Waals surface area contributed by atoms with E-state index in [1.165, 1.54) is 5.39 Å². The summed E-state index contributed by atoms with van der Waals surface area (Å²) in [6, 6.07) is 19.4.